The van der Waals surface area contributed by atoms with Gasteiger partial charge < -0.3 is 18.1 Å². The van der Waals surface area contributed by atoms with Crippen molar-refractivity contribution in [3.63, 3.8) is 0 Å². The van der Waals surface area contributed by atoms with Crippen molar-refractivity contribution < 1.29 is 18.1 Å². The van der Waals surface area contributed by atoms with Crippen molar-refractivity contribution in [1.82, 2.24) is 29.9 Å². The minimum absolute atomic E-state index is 0.196. The molecule has 0 bridgehead atoms. The van der Waals surface area contributed by atoms with E-state index in [0.717, 1.165) is 132 Å². The Morgan fingerprint density at radius 2 is 0.565 bits per heavy atom. The number of aromatic nitrogens is 6. The molecule has 0 spiro atoms. The average Bonchev–Trinajstić information content (AvgIpc) is 1.27. The van der Waals surface area contributed by atoms with E-state index in [1.807, 2.05) is 84.9 Å². The number of nitrogens with zero attached hydrogens (tertiary/aromatic N) is 6. The second kappa shape index (κ2) is 26.8. The molecule has 514 valence electrons. The summed E-state index contributed by atoms with van der Waals surface area (Å²) < 4.78 is 25.3. The maximum atomic E-state index is 6.40. The SMILES string of the molecule is CC1(C)OB(c2cccc3c(-c4ccc5oc6cc7ccccc7cc6c5c4)cccc23)OC1(C)C.Clc1nc(-c2ccccc2)nc(-c2cccc3ccccc23)n1.c1ccc(-c2nc(-c3cccc4ccccc34)nc(-c3cccc4c(-c5ccc6oc7cc8ccccc8cc7c6c5)cccc34)n2)cc1. The van der Waals surface area contributed by atoms with Gasteiger partial charge in [-0.1, -0.05) is 279 Å². The summed E-state index contributed by atoms with van der Waals surface area (Å²) in [6, 6.07) is 113. The minimum atomic E-state index is -0.400. The van der Waals surface area contributed by atoms with E-state index in [2.05, 4.69) is 285 Å². The fraction of sp³-hybridized carbons (Fsp3) is 0.0625. The first-order valence-corrected chi connectivity index (χ1v) is 36.6. The van der Waals surface area contributed by atoms with Crippen LogP contribution in [0, 0.1) is 0 Å². The van der Waals surface area contributed by atoms with Gasteiger partial charge in [0.2, 0.25) is 5.28 Å². The molecule has 20 aromatic rings. The van der Waals surface area contributed by atoms with E-state index in [9.17, 15) is 0 Å². The molecule has 0 amide bonds. The molecule has 1 saturated heterocycles. The lowest BCUT2D eigenvalue weighted by Crippen LogP contribution is -2.41. The maximum absolute atomic E-state index is 6.40. The van der Waals surface area contributed by atoms with Crippen LogP contribution in [-0.4, -0.2) is 48.2 Å². The molecule has 0 unspecified atom stereocenters. The molecule has 4 aromatic heterocycles. The van der Waals surface area contributed by atoms with Gasteiger partial charge in [-0.25, -0.2) is 19.9 Å². The molecule has 5 heterocycles. The van der Waals surface area contributed by atoms with E-state index in [4.69, 9.17) is 44.7 Å². The molecule has 0 saturated carbocycles. The summed E-state index contributed by atoms with van der Waals surface area (Å²) in [6.45, 7) is 8.38. The van der Waals surface area contributed by atoms with E-state index in [1.54, 1.807) is 0 Å². The highest BCUT2D eigenvalue weighted by molar-refractivity contribution is 6.65. The number of hydrogen-bond acceptors (Lipinski definition) is 10. The Kier molecular flexibility index (Phi) is 16.3. The van der Waals surface area contributed by atoms with Crippen LogP contribution in [0.5, 0.6) is 0 Å². The second-order valence-corrected chi connectivity index (χ2v) is 28.7. The smallest absolute Gasteiger partial charge is 0.456 e. The Morgan fingerprint density at radius 1 is 0.241 bits per heavy atom. The van der Waals surface area contributed by atoms with Crippen LogP contribution >= 0.6 is 11.6 Å². The number of hydrogen-bond donors (Lipinski definition) is 0. The predicted molar refractivity (Wildman–Crippen MR) is 444 cm³/mol. The minimum Gasteiger partial charge on any atom is -0.456 e. The second-order valence-electron chi connectivity index (χ2n) is 28.4. The molecule has 108 heavy (non-hydrogen) atoms. The van der Waals surface area contributed by atoms with Gasteiger partial charge >= 0.3 is 7.12 Å². The normalized spacial score (nSPS) is 13.3. The van der Waals surface area contributed by atoms with Gasteiger partial charge in [0.05, 0.1) is 11.2 Å². The number of halogens is 1. The summed E-state index contributed by atoms with van der Waals surface area (Å²) in [6.07, 6.45) is 0. The summed E-state index contributed by atoms with van der Waals surface area (Å²) in [4.78, 5) is 28.5. The summed E-state index contributed by atoms with van der Waals surface area (Å²) in [5.74, 6) is 3.10. The van der Waals surface area contributed by atoms with Crippen LogP contribution in [0.25, 0.3) is 188 Å². The van der Waals surface area contributed by atoms with E-state index < -0.39 is 7.12 Å². The molecule has 21 rings (SSSR count). The summed E-state index contributed by atoms with van der Waals surface area (Å²) >= 11 is 6.14. The Hall–Kier alpha value is -13.0. The molecule has 1 fully saturated rings. The molecule has 0 radical (unpaired) electrons. The molecule has 0 atom stereocenters. The van der Waals surface area contributed by atoms with Gasteiger partial charge in [0.1, 0.15) is 22.3 Å². The van der Waals surface area contributed by atoms with Crippen molar-refractivity contribution in [3.8, 4) is 79.2 Å². The molecule has 1 aliphatic rings. The maximum Gasteiger partial charge on any atom is 0.495 e. The lowest BCUT2D eigenvalue weighted by molar-refractivity contribution is 0.00578. The first-order chi connectivity index (χ1) is 52.9. The van der Waals surface area contributed by atoms with Gasteiger partial charge in [0.25, 0.3) is 0 Å². The first kappa shape index (κ1) is 65.7. The Labute approximate surface area is 627 Å². The summed E-state index contributed by atoms with van der Waals surface area (Å²) in [5, 5.41) is 18.5. The van der Waals surface area contributed by atoms with E-state index >= 15 is 0 Å². The van der Waals surface area contributed by atoms with E-state index in [1.165, 1.54) is 32.5 Å². The average molecular weight is 1410 g/mol. The third-order valence-electron chi connectivity index (χ3n) is 21.3. The van der Waals surface area contributed by atoms with Crippen molar-refractivity contribution in [2.45, 2.75) is 38.9 Å². The molecular formula is C96H66BClN6O4. The summed E-state index contributed by atoms with van der Waals surface area (Å²) in [5.41, 5.74) is 13.3. The number of furan rings is 2. The first-order valence-electron chi connectivity index (χ1n) is 36.2. The fourth-order valence-electron chi connectivity index (χ4n) is 15.1. The van der Waals surface area contributed by atoms with Crippen LogP contribution in [0.4, 0.5) is 0 Å². The third kappa shape index (κ3) is 12.0. The van der Waals surface area contributed by atoms with Crippen LogP contribution < -0.4 is 5.46 Å². The van der Waals surface area contributed by atoms with Crippen molar-refractivity contribution >= 4 is 133 Å². The third-order valence-corrected chi connectivity index (χ3v) is 21.5. The highest BCUT2D eigenvalue weighted by Crippen LogP contribution is 2.43. The number of fused-ring (bicyclic) bond motifs is 12. The van der Waals surface area contributed by atoms with E-state index in [0.29, 0.717) is 29.1 Å². The van der Waals surface area contributed by atoms with Gasteiger partial charge in [-0.2, -0.15) is 9.97 Å². The molecule has 16 aromatic carbocycles. The van der Waals surface area contributed by atoms with Crippen molar-refractivity contribution in [2.75, 3.05) is 0 Å². The quantitative estimate of drug-likeness (QED) is 0.136. The van der Waals surface area contributed by atoms with Crippen LogP contribution in [-0.2, 0) is 9.31 Å². The van der Waals surface area contributed by atoms with Gasteiger partial charge in [-0.05, 0) is 180 Å². The van der Waals surface area contributed by atoms with Gasteiger partial charge in [0, 0.05) is 49.4 Å². The van der Waals surface area contributed by atoms with Gasteiger partial charge in [-0.15, -0.1) is 0 Å². The van der Waals surface area contributed by atoms with Crippen LogP contribution in [0.3, 0.4) is 0 Å². The standard InChI is InChI=1S/C45H27N3O.C32H27BO3.C19H12ClN3/c1-2-12-29(13-3-1)43-46-44(37-21-8-16-28-11-6-7-17-33(28)37)48-45(47-43)38-22-10-19-35-34(18-9-20-36(35)38)32-23-24-41-39(26-32)40-25-30-14-4-5-15-31(30)27-42(40)49-41;1-31(2)32(3,4)36-33(35-31)28-14-8-12-24-23(11-7-13-25(24)28)22-15-16-29-26(18-22)27-17-20-9-5-6-10-21(20)19-30(27)34-29;20-19-22-17(14-8-2-1-3-9-14)21-18(23-19)16-12-6-10-13-7-4-5-11-15(13)16/h1-27H;5-19H,1-4H3;1-12H. The van der Waals surface area contributed by atoms with Crippen molar-refractivity contribution in [3.05, 3.63) is 333 Å². The zero-order chi connectivity index (χ0) is 72.6. The zero-order valence-corrected chi connectivity index (χ0v) is 60.2. The van der Waals surface area contributed by atoms with Crippen LogP contribution in [0.1, 0.15) is 27.7 Å². The lowest BCUT2D eigenvalue weighted by Gasteiger charge is -2.32. The lowest BCUT2D eigenvalue weighted by atomic mass is 9.75. The van der Waals surface area contributed by atoms with Crippen molar-refractivity contribution in [2.24, 2.45) is 0 Å². The highest BCUT2D eigenvalue weighted by Gasteiger charge is 2.52. The fourth-order valence-corrected chi connectivity index (χ4v) is 15.3. The van der Waals surface area contributed by atoms with Gasteiger partial charge in [0.15, 0.2) is 29.1 Å². The Balaban J connectivity index is 0.000000118. The highest BCUT2D eigenvalue weighted by atomic mass is 35.5. The van der Waals surface area contributed by atoms with Crippen molar-refractivity contribution in [1.29, 1.82) is 0 Å². The molecule has 0 aliphatic carbocycles. The van der Waals surface area contributed by atoms with Crippen LogP contribution in [0.15, 0.2) is 336 Å². The molecule has 1 aliphatic heterocycles. The predicted octanol–water partition coefficient (Wildman–Crippen LogP) is 24.8. The molecular weight excluding hydrogens is 1350 g/mol. The Bertz CT molecular complexity index is 6920. The molecule has 12 heteroatoms. The largest absolute Gasteiger partial charge is 0.495 e. The number of benzene rings is 16. The van der Waals surface area contributed by atoms with Crippen LogP contribution in [0.2, 0.25) is 5.28 Å². The zero-order valence-electron chi connectivity index (χ0n) is 59.4. The Morgan fingerprint density at radius 3 is 1.06 bits per heavy atom. The number of rotatable bonds is 8. The topological polar surface area (TPSA) is 122 Å². The van der Waals surface area contributed by atoms with Gasteiger partial charge in [-0.3, -0.25) is 0 Å². The molecule has 10 nitrogen and oxygen atoms in total. The molecule has 0 N–H and O–H groups in total. The summed E-state index contributed by atoms with van der Waals surface area (Å²) in [7, 11) is -0.400. The monoisotopic (exact) mass is 1410 g/mol. The van der Waals surface area contributed by atoms with E-state index in [-0.39, 0.29) is 16.5 Å².